The summed E-state index contributed by atoms with van der Waals surface area (Å²) in [5.74, 6) is 1.07. The first-order valence-corrected chi connectivity index (χ1v) is 9.06. The summed E-state index contributed by atoms with van der Waals surface area (Å²) in [6.45, 7) is 0. The van der Waals surface area contributed by atoms with E-state index in [1.165, 1.54) is 23.9 Å². The van der Waals surface area contributed by atoms with Crippen LogP contribution in [-0.2, 0) is 12.8 Å². The second-order valence-corrected chi connectivity index (χ2v) is 7.18. The van der Waals surface area contributed by atoms with Crippen LogP contribution in [0.4, 0.5) is 10.1 Å². The van der Waals surface area contributed by atoms with Crippen molar-refractivity contribution in [3.05, 3.63) is 58.9 Å². The highest BCUT2D eigenvalue weighted by molar-refractivity contribution is 7.98. The molecule has 130 valence electrons. The molecule has 2 aromatic carbocycles. The number of anilines is 1. The first-order chi connectivity index (χ1) is 12.0. The van der Waals surface area contributed by atoms with E-state index in [-0.39, 0.29) is 5.82 Å². The highest BCUT2D eigenvalue weighted by Gasteiger charge is 2.13. The average molecular weight is 377 g/mol. The second kappa shape index (κ2) is 7.45. The van der Waals surface area contributed by atoms with Crippen LogP contribution in [-0.4, -0.2) is 28.9 Å². The Balaban J connectivity index is 1.80. The molecule has 0 aliphatic carbocycles. The van der Waals surface area contributed by atoms with Crippen LogP contribution in [0.1, 0.15) is 5.56 Å². The Hall–Kier alpha value is -2.05. The summed E-state index contributed by atoms with van der Waals surface area (Å²) < 4.78 is 15.1. The minimum Gasteiger partial charge on any atom is -0.378 e. The first-order valence-electron chi connectivity index (χ1n) is 7.69. The third kappa shape index (κ3) is 3.96. The molecule has 0 saturated heterocycles. The predicted octanol–water partition coefficient (Wildman–Crippen LogP) is 4.63. The van der Waals surface area contributed by atoms with Crippen LogP contribution < -0.4 is 4.90 Å². The first kappa shape index (κ1) is 17.8. The maximum Gasteiger partial charge on any atom is 0.191 e. The van der Waals surface area contributed by atoms with Gasteiger partial charge in [0.15, 0.2) is 11.0 Å². The zero-order chi connectivity index (χ0) is 18.0. The predicted molar refractivity (Wildman–Crippen MR) is 102 cm³/mol. The van der Waals surface area contributed by atoms with E-state index in [1.54, 1.807) is 6.07 Å². The number of nitrogens with zero attached hydrogens (tertiary/aromatic N) is 4. The van der Waals surface area contributed by atoms with Gasteiger partial charge in [0.25, 0.3) is 0 Å². The van der Waals surface area contributed by atoms with E-state index in [4.69, 9.17) is 11.6 Å². The van der Waals surface area contributed by atoms with Gasteiger partial charge in [-0.15, -0.1) is 10.2 Å². The number of hydrogen-bond acceptors (Lipinski definition) is 4. The van der Waals surface area contributed by atoms with Gasteiger partial charge >= 0.3 is 0 Å². The van der Waals surface area contributed by atoms with Crippen LogP contribution in [0, 0.1) is 5.82 Å². The molecule has 3 aromatic rings. The Morgan fingerprint density at radius 2 is 1.96 bits per heavy atom. The van der Waals surface area contributed by atoms with Crippen molar-refractivity contribution in [3.8, 4) is 11.4 Å². The maximum atomic E-state index is 13.1. The Morgan fingerprint density at radius 3 is 2.68 bits per heavy atom. The van der Waals surface area contributed by atoms with E-state index in [2.05, 4.69) is 16.3 Å². The summed E-state index contributed by atoms with van der Waals surface area (Å²) in [5, 5.41) is 9.80. The van der Waals surface area contributed by atoms with Crippen molar-refractivity contribution < 1.29 is 4.39 Å². The third-order valence-electron chi connectivity index (χ3n) is 3.83. The van der Waals surface area contributed by atoms with Gasteiger partial charge in [-0.05, 0) is 29.8 Å². The van der Waals surface area contributed by atoms with Gasteiger partial charge in [-0.2, -0.15) is 0 Å². The molecular weight excluding hydrogens is 359 g/mol. The largest absolute Gasteiger partial charge is 0.378 e. The molecule has 0 spiro atoms. The Labute approximate surface area is 155 Å². The molecule has 1 aromatic heterocycles. The minimum absolute atomic E-state index is 0.333. The Kier molecular flexibility index (Phi) is 5.30. The van der Waals surface area contributed by atoms with E-state index in [1.807, 2.05) is 48.8 Å². The van der Waals surface area contributed by atoms with Crippen molar-refractivity contribution in [2.24, 2.45) is 7.05 Å². The van der Waals surface area contributed by atoms with Gasteiger partial charge in [0.1, 0.15) is 5.82 Å². The number of thioether (sulfide) groups is 1. The number of halogens is 2. The molecule has 0 atom stereocenters. The van der Waals surface area contributed by atoms with E-state index in [0.717, 1.165) is 27.8 Å². The van der Waals surface area contributed by atoms with E-state index >= 15 is 0 Å². The summed E-state index contributed by atoms with van der Waals surface area (Å²) in [4.78, 5) is 2.05. The summed E-state index contributed by atoms with van der Waals surface area (Å²) in [7, 11) is 5.94. The number of benzene rings is 2. The normalized spacial score (nSPS) is 10.9. The quantitative estimate of drug-likeness (QED) is 0.608. The molecule has 0 saturated carbocycles. The monoisotopic (exact) mass is 376 g/mol. The van der Waals surface area contributed by atoms with Gasteiger partial charge in [-0.1, -0.05) is 41.6 Å². The van der Waals surface area contributed by atoms with E-state index in [9.17, 15) is 4.39 Å². The fourth-order valence-corrected chi connectivity index (χ4v) is 3.62. The van der Waals surface area contributed by atoms with Crippen molar-refractivity contribution in [3.63, 3.8) is 0 Å². The molecule has 3 rings (SSSR count). The lowest BCUT2D eigenvalue weighted by Gasteiger charge is -2.13. The van der Waals surface area contributed by atoms with Crippen molar-refractivity contribution >= 4 is 29.1 Å². The minimum atomic E-state index is -0.333. The van der Waals surface area contributed by atoms with E-state index < -0.39 is 0 Å². The topological polar surface area (TPSA) is 34.0 Å². The molecule has 0 N–H and O–H groups in total. The van der Waals surface area contributed by atoms with Gasteiger partial charge in [-0.3, -0.25) is 0 Å². The highest BCUT2D eigenvalue weighted by Crippen LogP contribution is 2.29. The standard InChI is InChI=1S/C18H18ClFN4S/c1-23(2)15-6-4-5-12(9-15)17-21-22-18(24(17)3)25-11-13-7-8-14(20)10-16(13)19/h4-10H,11H2,1-3H3. The molecule has 0 aliphatic heterocycles. The molecule has 0 amide bonds. The SMILES string of the molecule is CN(C)c1cccc(-c2nnc(SCc3ccc(F)cc3Cl)n2C)c1. The molecule has 0 bridgehead atoms. The molecule has 0 aliphatic rings. The summed E-state index contributed by atoms with van der Waals surface area (Å²) in [6.07, 6.45) is 0. The molecule has 0 fully saturated rings. The Bertz CT molecular complexity index is 895. The van der Waals surface area contributed by atoms with Gasteiger partial charge in [-0.25, -0.2) is 4.39 Å². The lowest BCUT2D eigenvalue weighted by Crippen LogP contribution is -2.08. The molecule has 1 heterocycles. The Morgan fingerprint density at radius 1 is 1.16 bits per heavy atom. The van der Waals surface area contributed by atoms with Gasteiger partial charge in [0, 0.05) is 43.2 Å². The van der Waals surface area contributed by atoms with Crippen molar-refractivity contribution in [1.82, 2.24) is 14.8 Å². The van der Waals surface area contributed by atoms with Crippen LogP contribution in [0.3, 0.4) is 0 Å². The fourth-order valence-electron chi connectivity index (χ4n) is 2.40. The maximum absolute atomic E-state index is 13.1. The lowest BCUT2D eigenvalue weighted by atomic mass is 10.2. The molecule has 0 unspecified atom stereocenters. The van der Waals surface area contributed by atoms with E-state index in [0.29, 0.717) is 10.8 Å². The highest BCUT2D eigenvalue weighted by atomic mass is 35.5. The summed E-state index contributed by atoms with van der Waals surface area (Å²) in [5.41, 5.74) is 2.98. The van der Waals surface area contributed by atoms with Gasteiger partial charge in [0.2, 0.25) is 0 Å². The van der Waals surface area contributed by atoms with Crippen molar-refractivity contribution in [2.45, 2.75) is 10.9 Å². The summed E-state index contributed by atoms with van der Waals surface area (Å²) in [6, 6.07) is 12.6. The average Bonchev–Trinajstić information content (AvgIpc) is 2.95. The molecular formula is C18H18ClFN4S. The second-order valence-electron chi connectivity index (χ2n) is 5.83. The van der Waals surface area contributed by atoms with Crippen molar-refractivity contribution in [2.75, 3.05) is 19.0 Å². The summed E-state index contributed by atoms with van der Waals surface area (Å²) >= 11 is 7.60. The van der Waals surface area contributed by atoms with Gasteiger partial charge in [0.05, 0.1) is 0 Å². The van der Waals surface area contributed by atoms with Crippen LogP contribution >= 0.6 is 23.4 Å². The fraction of sp³-hybridized carbons (Fsp3) is 0.222. The van der Waals surface area contributed by atoms with Crippen LogP contribution in [0.2, 0.25) is 5.02 Å². The van der Waals surface area contributed by atoms with Crippen LogP contribution in [0.5, 0.6) is 0 Å². The zero-order valence-electron chi connectivity index (χ0n) is 14.2. The molecule has 4 nitrogen and oxygen atoms in total. The number of rotatable bonds is 5. The number of hydrogen-bond donors (Lipinski definition) is 0. The van der Waals surface area contributed by atoms with Crippen molar-refractivity contribution in [1.29, 1.82) is 0 Å². The molecule has 0 radical (unpaired) electrons. The van der Waals surface area contributed by atoms with Crippen LogP contribution in [0.15, 0.2) is 47.6 Å². The number of aromatic nitrogens is 3. The zero-order valence-corrected chi connectivity index (χ0v) is 15.8. The van der Waals surface area contributed by atoms with Crippen LogP contribution in [0.25, 0.3) is 11.4 Å². The molecule has 25 heavy (non-hydrogen) atoms. The lowest BCUT2D eigenvalue weighted by molar-refractivity contribution is 0.627. The smallest absolute Gasteiger partial charge is 0.191 e. The molecule has 7 heteroatoms. The van der Waals surface area contributed by atoms with Gasteiger partial charge < -0.3 is 9.47 Å². The third-order valence-corrected chi connectivity index (χ3v) is 5.25.